The highest BCUT2D eigenvalue weighted by Gasteiger charge is 2.39. The molecule has 5 heteroatoms. The molecular weight excluding hydrogens is 380 g/mol. The second-order valence-corrected chi connectivity index (χ2v) is 11.8. The molecule has 0 radical (unpaired) electrons. The topological polar surface area (TPSA) is 36.9 Å². The SMILES string of the molecule is CCCC1CCC(C2CCC(OCCC[Si](OCC)(OCC)OCC)CC2)CC1. The molecule has 0 unspecified atom stereocenters. The van der Waals surface area contributed by atoms with Crippen molar-refractivity contribution in [3.63, 3.8) is 0 Å². The van der Waals surface area contributed by atoms with Crippen LogP contribution in [-0.4, -0.2) is 41.3 Å². The van der Waals surface area contributed by atoms with Crippen LogP contribution in [0.1, 0.15) is 98.3 Å². The molecule has 0 aromatic carbocycles. The molecule has 2 saturated carbocycles. The Morgan fingerprint density at radius 2 is 1.21 bits per heavy atom. The zero-order chi connectivity index (χ0) is 21.0. The third-order valence-corrected chi connectivity index (χ3v) is 10.2. The quantitative estimate of drug-likeness (QED) is 0.230. The summed E-state index contributed by atoms with van der Waals surface area (Å²) in [6.45, 7) is 11.1. The molecule has 0 saturated heterocycles. The third-order valence-electron chi connectivity index (χ3n) is 7.05. The average Bonchev–Trinajstić information content (AvgIpc) is 2.73. The zero-order valence-corrected chi connectivity index (χ0v) is 20.8. The second-order valence-electron chi connectivity index (χ2n) is 9.06. The molecule has 29 heavy (non-hydrogen) atoms. The Kier molecular flexibility index (Phi) is 12.4. The van der Waals surface area contributed by atoms with Crippen LogP contribution in [0.5, 0.6) is 0 Å². The minimum Gasteiger partial charge on any atom is -0.378 e. The van der Waals surface area contributed by atoms with Crippen molar-refractivity contribution in [2.75, 3.05) is 26.4 Å². The highest BCUT2D eigenvalue weighted by atomic mass is 28.4. The molecule has 0 atom stereocenters. The van der Waals surface area contributed by atoms with Gasteiger partial charge in [0.2, 0.25) is 0 Å². The van der Waals surface area contributed by atoms with E-state index in [2.05, 4.69) is 6.92 Å². The summed E-state index contributed by atoms with van der Waals surface area (Å²) in [5.74, 6) is 2.99. The van der Waals surface area contributed by atoms with Gasteiger partial charge in [-0.15, -0.1) is 0 Å². The fraction of sp³-hybridized carbons (Fsp3) is 1.00. The third kappa shape index (κ3) is 8.60. The molecule has 2 aliphatic carbocycles. The first-order valence-corrected chi connectivity index (χ1v) is 14.6. The molecule has 0 aliphatic heterocycles. The lowest BCUT2D eigenvalue weighted by Gasteiger charge is -2.38. The van der Waals surface area contributed by atoms with Crippen molar-refractivity contribution >= 4 is 8.80 Å². The summed E-state index contributed by atoms with van der Waals surface area (Å²) in [4.78, 5) is 0. The predicted octanol–water partition coefficient (Wildman–Crippen LogP) is 6.61. The molecule has 4 nitrogen and oxygen atoms in total. The van der Waals surface area contributed by atoms with Crippen molar-refractivity contribution in [3.05, 3.63) is 0 Å². The van der Waals surface area contributed by atoms with E-state index < -0.39 is 8.80 Å². The maximum Gasteiger partial charge on any atom is 0.501 e. The first kappa shape index (κ1) is 25.3. The van der Waals surface area contributed by atoms with Crippen LogP contribution in [0.15, 0.2) is 0 Å². The van der Waals surface area contributed by atoms with Gasteiger partial charge in [-0.3, -0.25) is 0 Å². The van der Waals surface area contributed by atoms with E-state index >= 15 is 0 Å². The Morgan fingerprint density at radius 3 is 1.69 bits per heavy atom. The van der Waals surface area contributed by atoms with Crippen molar-refractivity contribution in [2.45, 2.75) is 110 Å². The minimum atomic E-state index is -2.51. The largest absolute Gasteiger partial charge is 0.501 e. The van der Waals surface area contributed by atoms with Gasteiger partial charge < -0.3 is 18.0 Å². The van der Waals surface area contributed by atoms with E-state index in [0.717, 1.165) is 36.8 Å². The molecule has 0 aromatic heterocycles. The van der Waals surface area contributed by atoms with Crippen LogP contribution in [0.25, 0.3) is 0 Å². The Bertz CT molecular complexity index is 387. The molecular formula is C24H48O4Si. The predicted molar refractivity (Wildman–Crippen MR) is 122 cm³/mol. The zero-order valence-electron chi connectivity index (χ0n) is 19.8. The van der Waals surface area contributed by atoms with Gasteiger partial charge in [0, 0.05) is 32.5 Å². The van der Waals surface area contributed by atoms with Crippen LogP contribution >= 0.6 is 0 Å². The van der Waals surface area contributed by atoms with E-state index in [1.807, 2.05) is 20.8 Å². The van der Waals surface area contributed by atoms with Gasteiger partial charge in [-0.1, -0.05) is 32.6 Å². The van der Waals surface area contributed by atoms with Gasteiger partial charge in [0.25, 0.3) is 0 Å². The number of hydrogen-bond donors (Lipinski definition) is 0. The summed E-state index contributed by atoms with van der Waals surface area (Å²) < 4.78 is 24.1. The van der Waals surface area contributed by atoms with Gasteiger partial charge >= 0.3 is 8.80 Å². The number of ether oxygens (including phenoxy) is 1. The summed E-state index contributed by atoms with van der Waals surface area (Å²) in [6.07, 6.45) is 15.5. The highest BCUT2D eigenvalue weighted by molar-refractivity contribution is 6.60. The Labute approximate surface area is 181 Å². The van der Waals surface area contributed by atoms with Crippen LogP contribution in [0.4, 0.5) is 0 Å². The number of hydrogen-bond acceptors (Lipinski definition) is 4. The summed E-state index contributed by atoms with van der Waals surface area (Å²) in [5, 5.41) is 0. The maximum atomic E-state index is 6.25. The second kappa shape index (κ2) is 14.2. The monoisotopic (exact) mass is 428 g/mol. The van der Waals surface area contributed by atoms with Crippen LogP contribution in [0.2, 0.25) is 6.04 Å². The molecule has 0 aromatic rings. The first-order valence-electron chi connectivity index (χ1n) is 12.7. The molecule has 2 fully saturated rings. The van der Waals surface area contributed by atoms with Crippen molar-refractivity contribution < 1.29 is 18.0 Å². The standard InChI is InChI=1S/C24H48O4Si/c1-5-10-21-11-13-22(14-12-21)23-15-17-24(18-16-23)25-19-9-20-29(26-6-2,27-7-3)28-8-4/h21-24H,5-20H2,1-4H3. The van der Waals surface area contributed by atoms with E-state index in [1.165, 1.54) is 64.2 Å². The average molecular weight is 429 g/mol. The van der Waals surface area contributed by atoms with Gasteiger partial charge in [-0.25, -0.2) is 0 Å². The van der Waals surface area contributed by atoms with Crippen LogP contribution in [-0.2, 0) is 18.0 Å². The molecule has 2 rings (SSSR count). The fourth-order valence-electron chi connectivity index (χ4n) is 5.62. The van der Waals surface area contributed by atoms with Crippen molar-refractivity contribution in [1.29, 1.82) is 0 Å². The Hall–Kier alpha value is 0.0569. The molecule has 0 bridgehead atoms. The fourth-order valence-corrected chi connectivity index (χ4v) is 8.20. The van der Waals surface area contributed by atoms with Gasteiger partial charge in [-0.2, -0.15) is 0 Å². The molecule has 0 N–H and O–H groups in total. The molecule has 172 valence electrons. The highest BCUT2D eigenvalue weighted by Crippen LogP contribution is 2.41. The molecule has 0 spiro atoms. The van der Waals surface area contributed by atoms with E-state index in [4.69, 9.17) is 18.0 Å². The van der Waals surface area contributed by atoms with Gasteiger partial charge in [0.15, 0.2) is 0 Å². The number of rotatable bonds is 14. The lowest BCUT2D eigenvalue weighted by atomic mass is 9.70. The smallest absolute Gasteiger partial charge is 0.378 e. The normalized spacial score (nSPS) is 28.6. The lowest BCUT2D eigenvalue weighted by Crippen LogP contribution is -2.46. The van der Waals surface area contributed by atoms with Gasteiger partial charge in [-0.05, 0) is 83.5 Å². The molecule has 2 aliphatic rings. The Morgan fingerprint density at radius 1 is 0.690 bits per heavy atom. The van der Waals surface area contributed by atoms with Crippen molar-refractivity contribution in [2.24, 2.45) is 17.8 Å². The van der Waals surface area contributed by atoms with Crippen molar-refractivity contribution in [3.8, 4) is 0 Å². The summed E-state index contributed by atoms with van der Waals surface area (Å²) >= 11 is 0. The molecule has 0 heterocycles. The van der Waals surface area contributed by atoms with E-state index in [-0.39, 0.29) is 0 Å². The summed E-state index contributed by atoms with van der Waals surface area (Å²) in [7, 11) is -2.51. The van der Waals surface area contributed by atoms with E-state index in [9.17, 15) is 0 Å². The maximum absolute atomic E-state index is 6.25. The summed E-state index contributed by atoms with van der Waals surface area (Å²) in [5.41, 5.74) is 0. The Balaban J connectivity index is 1.63. The minimum absolute atomic E-state index is 0.463. The van der Waals surface area contributed by atoms with Crippen LogP contribution < -0.4 is 0 Å². The van der Waals surface area contributed by atoms with Gasteiger partial charge in [0.1, 0.15) is 0 Å². The van der Waals surface area contributed by atoms with Gasteiger partial charge in [0.05, 0.1) is 6.10 Å². The first-order chi connectivity index (χ1) is 14.2. The van der Waals surface area contributed by atoms with Crippen LogP contribution in [0.3, 0.4) is 0 Å². The lowest BCUT2D eigenvalue weighted by molar-refractivity contribution is 0.00426. The van der Waals surface area contributed by atoms with E-state index in [0.29, 0.717) is 25.9 Å². The van der Waals surface area contributed by atoms with Crippen molar-refractivity contribution in [1.82, 2.24) is 0 Å². The summed E-state index contributed by atoms with van der Waals surface area (Å²) in [6, 6.07) is 0.860. The van der Waals surface area contributed by atoms with E-state index in [1.54, 1.807) is 0 Å². The van der Waals surface area contributed by atoms with Crippen LogP contribution in [0, 0.1) is 17.8 Å². The molecule has 0 amide bonds.